The summed E-state index contributed by atoms with van der Waals surface area (Å²) in [5.74, 6) is 0.121. The molecule has 0 radical (unpaired) electrons. The van der Waals surface area contributed by atoms with E-state index in [1.807, 2.05) is 11.9 Å². The summed E-state index contributed by atoms with van der Waals surface area (Å²) in [5, 5.41) is 0.939. The molecule has 0 bridgehead atoms. The molecule has 0 atom stereocenters. The van der Waals surface area contributed by atoms with Gasteiger partial charge in [-0.2, -0.15) is 0 Å². The number of carbonyl (C=O) groups is 1. The van der Waals surface area contributed by atoms with Crippen molar-refractivity contribution in [2.24, 2.45) is 7.05 Å². The summed E-state index contributed by atoms with van der Waals surface area (Å²) in [4.78, 5) is 18.4. The Labute approximate surface area is 110 Å². The lowest BCUT2D eigenvalue weighted by Gasteiger charge is -2.37. The van der Waals surface area contributed by atoms with E-state index in [0.717, 1.165) is 31.1 Å². The van der Waals surface area contributed by atoms with Gasteiger partial charge in [-0.25, -0.2) is 4.98 Å². The van der Waals surface area contributed by atoms with Crippen LogP contribution in [0.15, 0.2) is 12.5 Å². The average molecular weight is 300 g/mol. The second kappa shape index (κ2) is 5.67. The standard InChI is InChI=1S/C12H18BrN3O/c1-15-9-14-8-11(15)12(17)16(7-3-6-13)10-4-2-5-10/h8-10H,2-7H2,1H3. The molecule has 5 heteroatoms. The van der Waals surface area contributed by atoms with E-state index >= 15 is 0 Å². The molecule has 0 aromatic carbocycles. The van der Waals surface area contributed by atoms with Gasteiger partial charge in [0.2, 0.25) is 0 Å². The number of halogens is 1. The predicted octanol–water partition coefficient (Wildman–Crippen LogP) is 2.20. The Kier molecular flexibility index (Phi) is 4.20. The van der Waals surface area contributed by atoms with Gasteiger partial charge in [-0.15, -0.1) is 0 Å². The van der Waals surface area contributed by atoms with E-state index in [-0.39, 0.29) is 5.91 Å². The predicted molar refractivity (Wildman–Crippen MR) is 70.3 cm³/mol. The van der Waals surface area contributed by atoms with Crippen LogP contribution in [0.2, 0.25) is 0 Å². The Bertz CT molecular complexity index is 387. The van der Waals surface area contributed by atoms with Gasteiger partial charge in [-0.3, -0.25) is 4.79 Å². The number of amides is 1. The minimum atomic E-state index is 0.121. The number of aromatic nitrogens is 2. The molecule has 1 aliphatic carbocycles. The molecule has 0 unspecified atom stereocenters. The molecule has 2 rings (SSSR count). The Morgan fingerprint density at radius 2 is 2.41 bits per heavy atom. The monoisotopic (exact) mass is 299 g/mol. The van der Waals surface area contributed by atoms with Crippen LogP contribution in [0.3, 0.4) is 0 Å². The van der Waals surface area contributed by atoms with Crippen molar-refractivity contribution in [3.63, 3.8) is 0 Å². The number of rotatable bonds is 5. The van der Waals surface area contributed by atoms with Gasteiger partial charge in [0, 0.05) is 25.0 Å². The molecule has 0 N–H and O–H groups in total. The molecule has 1 amide bonds. The van der Waals surface area contributed by atoms with Crippen molar-refractivity contribution in [2.75, 3.05) is 11.9 Å². The number of imidazole rings is 1. The molecule has 17 heavy (non-hydrogen) atoms. The second-order valence-corrected chi connectivity index (χ2v) is 5.31. The first-order chi connectivity index (χ1) is 8.24. The number of carbonyl (C=O) groups excluding carboxylic acids is 1. The summed E-state index contributed by atoms with van der Waals surface area (Å²) in [5.41, 5.74) is 0.687. The van der Waals surface area contributed by atoms with Gasteiger partial charge in [0.15, 0.2) is 0 Å². The van der Waals surface area contributed by atoms with Crippen molar-refractivity contribution < 1.29 is 4.79 Å². The van der Waals surface area contributed by atoms with Crippen LogP contribution in [0.25, 0.3) is 0 Å². The average Bonchev–Trinajstić information content (AvgIpc) is 2.67. The van der Waals surface area contributed by atoms with E-state index in [4.69, 9.17) is 0 Å². The lowest BCUT2D eigenvalue weighted by molar-refractivity contribution is 0.0571. The smallest absolute Gasteiger partial charge is 0.272 e. The maximum Gasteiger partial charge on any atom is 0.272 e. The zero-order chi connectivity index (χ0) is 12.3. The highest BCUT2D eigenvalue weighted by atomic mass is 79.9. The highest BCUT2D eigenvalue weighted by Gasteiger charge is 2.29. The molecule has 0 saturated heterocycles. The summed E-state index contributed by atoms with van der Waals surface area (Å²) >= 11 is 3.42. The molecular weight excluding hydrogens is 282 g/mol. The van der Waals surface area contributed by atoms with Crippen LogP contribution >= 0.6 is 15.9 Å². The third-order valence-electron chi connectivity index (χ3n) is 3.34. The van der Waals surface area contributed by atoms with Crippen molar-refractivity contribution in [3.8, 4) is 0 Å². The van der Waals surface area contributed by atoms with Gasteiger partial charge in [0.05, 0.1) is 12.5 Å². The molecule has 94 valence electrons. The zero-order valence-electron chi connectivity index (χ0n) is 10.1. The van der Waals surface area contributed by atoms with Gasteiger partial charge in [0.25, 0.3) is 5.91 Å². The summed E-state index contributed by atoms with van der Waals surface area (Å²) in [6, 6.07) is 0.441. The van der Waals surface area contributed by atoms with Crippen molar-refractivity contribution >= 4 is 21.8 Å². The van der Waals surface area contributed by atoms with Crippen molar-refractivity contribution in [3.05, 3.63) is 18.2 Å². The molecular formula is C12H18BrN3O. The van der Waals surface area contributed by atoms with E-state index in [0.29, 0.717) is 11.7 Å². The maximum atomic E-state index is 12.4. The van der Waals surface area contributed by atoms with Crippen LogP contribution in [-0.2, 0) is 7.05 Å². The zero-order valence-corrected chi connectivity index (χ0v) is 11.7. The van der Waals surface area contributed by atoms with Gasteiger partial charge in [0.1, 0.15) is 5.69 Å². The first-order valence-corrected chi connectivity index (χ1v) is 7.19. The van der Waals surface area contributed by atoms with E-state index < -0.39 is 0 Å². The Morgan fingerprint density at radius 3 is 2.88 bits per heavy atom. The first-order valence-electron chi connectivity index (χ1n) is 6.07. The topological polar surface area (TPSA) is 38.1 Å². The molecule has 1 saturated carbocycles. The van der Waals surface area contributed by atoms with E-state index in [1.165, 1.54) is 6.42 Å². The maximum absolute atomic E-state index is 12.4. The normalized spacial score (nSPS) is 15.6. The quantitative estimate of drug-likeness (QED) is 0.782. The molecule has 4 nitrogen and oxygen atoms in total. The van der Waals surface area contributed by atoms with Crippen LogP contribution in [-0.4, -0.2) is 38.3 Å². The van der Waals surface area contributed by atoms with Gasteiger partial charge in [-0.05, 0) is 25.7 Å². The SMILES string of the molecule is Cn1cncc1C(=O)N(CCCBr)C1CCC1. The third kappa shape index (κ3) is 2.70. The third-order valence-corrected chi connectivity index (χ3v) is 3.91. The lowest BCUT2D eigenvalue weighted by Crippen LogP contribution is -2.45. The Balaban J connectivity index is 2.09. The van der Waals surface area contributed by atoms with E-state index in [9.17, 15) is 4.79 Å². The molecule has 1 heterocycles. The van der Waals surface area contributed by atoms with Crippen molar-refractivity contribution in [2.45, 2.75) is 31.7 Å². The molecule has 0 spiro atoms. The number of alkyl halides is 1. The van der Waals surface area contributed by atoms with Gasteiger partial charge < -0.3 is 9.47 Å². The Hall–Kier alpha value is -0.840. The number of hydrogen-bond donors (Lipinski definition) is 0. The van der Waals surface area contributed by atoms with Gasteiger partial charge >= 0.3 is 0 Å². The van der Waals surface area contributed by atoms with Crippen LogP contribution in [0.4, 0.5) is 0 Å². The lowest BCUT2D eigenvalue weighted by atomic mass is 9.91. The summed E-state index contributed by atoms with van der Waals surface area (Å²) in [6.07, 6.45) is 7.87. The van der Waals surface area contributed by atoms with Crippen LogP contribution < -0.4 is 0 Å². The first kappa shape index (κ1) is 12.6. The van der Waals surface area contributed by atoms with Gasteiger partial charge in [-0.1, -0.05) is 15.9 Å². The minimum Gasteiger partial charge on any atom is -0.334 e. The highest BCUT2D eigenvalue weighted by molar-refractivity contribution is 9.09. The number of hydrogen-bond acceptors (Lipinski definition) is 2. The molecule has 1 aliphatic rings. The Morgan fingerprint density at radius 1 is 1.65 bits per heavy atom. The van der Waals surface area contributed by atoms with Crippen molar-refractivity contribution in [1.82, 2.24) is 14.5 Å². The molecule has 1 aromatic rings. The molecule has 1 fully saturated rings. The number of nitrogens with zero attached hydrogens (tertiary/aromatic N) is 3. The van der Waals surface area contributed by atoms with Crippen LogP contribution in [0, 0.1) is 0 Å². The summed E-state index contributed by atoms with van der Waals surface area (Å²) in [7, 11) is 1.86. The fraction of sp³-hybridized carbons (Fsp3) is 0.667. The fourth-order valence-electron chi connectivity index (χ4n) is 2.09. The summed E-state index contributed by atoms with van der Waals surface area (Å²) < 4.78 is 1.79. The minimum absolute atomic E-state index is 0.121. The summed E-state index contributed by atoms with van der Waals surface area (Å²) in [6.45, 7) is 0.833. The number of aryl methyl sites for hydroxylation is 1. The highest BCUT2D eigenvalue weighted by Crippen LogP contribution is 2.26. The fourth-order valence-corrected chi connectivity index (χ4v) is 2.34. The van der Waals surface area contributed by atoms with E-state index in [2.05, 4.69) is 20.9 Å². The van der Waals surface area contributed by atoms with Crippen molar-refractivity contribution in [1.29, 1.82) is 0 Å². The van der Waals surface area contributed by atoms with E-state index in [1.54, 1.807) is 17.1 Å². The van der Waals surface area contributed by atoms with Crippen LogP contribution in [0.1, 0.15) is 36.2 Å². The van der Waals surface area contributed by atoms with Crippen LogP contribution in [0.5, 0.6) is 0 Å². The molecule has 0 aliphatic heterocycles. The molecule has 1 aromatic heterocycles. The largest absolute Gasteiger partial charge is 0.334 e. The second-order valence-electron chi connectivity index (χ2n) is 4.52.